The SMILES string of the molecule is C=O.CN1CN(C)CN(c2ccc(N3CN(c4ccc(N5CN(C)CN(C)C5)cc4)CN(c4ccc(N5CN(C)CN(C)C5)cc4)C3)cc2)C1.Nc1ccc(N)cc1. The van der Waals surface area contributed by atoms with Gasteiger partial charge in [-0.15, -0.1) is 0 Å². The van der Waals surface area contributed by atoms with E-state index in [1.54, 1.807) is 24.3 Å². The molecule has 4 aromatic rings. The van der Waals surface area contributed by atoms with Crippen LogP contribution in [0.5, 0.6) is 0 Å². The molecular weight excluding hydrogens is 729 g/mol. The number of rotatable bonds is 6. The van der Waals surface area contributed by atoms with Gasteiger partial charge in [-0.2, -0.15) is 0 Å². The first-order valence-electron chi connectivity index (χ1n) is 19.8. The van der Waals surface area contributed by atoms with E-state index in [0.29, 0.717) is 0 Å². The number of carbonyl (C=O) groups excluding carboxylic acids is 1. The minimum atomic E-state index is 0.749. The Morgan fingerprint density at radius 2 is 0.448 bits per heavy atom. The van der Waals surface area contributed by atoms with Gasteiger partial charge in [0.05, 0.1) is 80.0 Å². The smallest absolute Gasteiger partial charge is 0.106 e. The third-order valence-electron chi connectivity index (χ3n) is 10.6. The van der Waals surface area contributed by atoms with E-state index in [4.69, 9.17) is 16.3 Å². The van der Waals surface area contributed by atoms with E-state index in [1.807, 2.05) is 6.79 Å². The lowest BCUT2D eigenvalue weighted by Gasteiger charge is -2.46. The van der Waals surface area contributed by atoms with Crippen LogP contribution in [0.15, 0.2) is 97.1 Å². The second kappa shape index (κ2) is 19.4. The average molecular weight is 793 g/mol. The van der Waals surface area contributed by atoms with Gasteiger partial charge in [-0.25, -0.2) is 0 Å². The molecule has 8 rings (SSSR count). The van der Waals surface area contributed by atoms with Crippen LogP contribution in [0.3, 0.4) is 0 Å². The van der Waals surface area contributed by atoms with E-state index in [1.165, 1.54) is 34.1 Å². The van der Waals surface area contributed by atoms with Gasteiger partial charge < -0.3 is 45.7 Å². The van der Waals surface area contributed by atoms with Crippen LogP contribution in [0.4, 0.5) is 45.5 Å². The van der Waals surface area contributed by atoms with Crippen molar-refractivity contribution >= 4 is 52.3 Å². The molecule has 0 saturated carbocycles. The van der Waals surface area contributed by atoms with Gasteiger partial charge in [0.2, 0.25) is 0 Å². The Hall–Kier alpha value is -5.29. The lowest BCUT2D eigenvalue weighted by molar-refractivity contribution is -0.0980. The molecule has 4 heterocycles. The van der Waals surface area contributed by atoms with Crippen LogP contribution in [0.1, 0.15) is 0 Å². The number of nitrogens with two attached hydrogens (primary N) is 2. The van der Waals surface area contributed by atoms with Crippen LogP contribution >= 0.6 is 0 Å². The number of carbonyl (C=O) groups is 1. The third kappa shape index (κ3) is 11.0. The predicted molar refractivity (Wildman–Crippen MR) is 242 cm³/mol. The van der Waals surface area contributed by atoms with Crippen LogP contribution in [0, 0.1) is 0 Å². The van der Waals surface area contributed by atoms with E-state index in [9.17, 15) is 0 Å². The summed E-state index contributed by atoms with van der Waals surface area (Å²) in [6.45, 7) is 13.1. The summed E-state index contributed by atoms with van der Waals surface area (Å²) in [6.07, 6.45) is 0. The Balaban J connectivity index is 0.000000502. The van der Waals surface area contributed by atoms with Crippen molar-refractivity contribution in [2.75, 3.05) is 163 Å². The van der Waals surface area contributed by atoms with Gasteiger partial charge in [-0.1, -0.05) is 0 Å². The molecule has 0 atom stereocenters. The van der Waals surface area contributed by atoms with Crippen molar-refractivity contribution in [1.29, 1.82) is 0 Å². The van der Waals surface area contributed by atoms with Crippen LogP contribution < -0.4 is 40.9 Å². The maximum atomic E-state index is 8.00. The number of hydrogen-bond acceptors (Lipinski definition) is 15. The summed E-state index contributed by atoms with van der Waals surface area (Å²) in [4.78, 5) is 36.8. The lowest BCUT2D eigenvalue weighted by Crippen LogP contribution is -2.55. The quantitative estimate of drug-likeness (QED) is 0.277. The first-order valence-corrected chi connectivity index (χ1v) is 19.8. The summed E-state index contributed by atoms with van der Waals surface area (Å²) in [5, 5.41) is 0. The summed E-state index contributed by atoms with van der Waals surface area (Å²) in [6, 6.07) is 34.6. The van der Waals surface area contributed by atoms with E-state index < -0.39 is 0 Å². The molecule has 15 nitrogen and oxygen atoms in total. The Labute approximate surface area is 345 Å². The topological polar surface area (TPSA) is 108 Å². The molecule has 0 bridgehead atoms. The van der Waals surface area contributed by atoms with E-state index >= 15 is 0 Å². The van der Waals surface area contributed by atoms with Crippen molar-refractivity contribution in [1.82, 2.24) is 29.4 Å². The zero-order valence-corrected chi connectivity index (χ0v) is 35.4. The average Bonchev–Trinajstić information content (AvgIpc) is 3.22. The Morgan fingerprint density at radius 1 is 0.293 bits per heavy atom. The summed E-state index contributed by atoms with van der Waals surface area (Å²) in [5.74, 6) is 0. The highest BCUT2D eigenvalue weighted by Crippen LogP contribution is 2.31. The van der Waals surface area contributed by atoms with E-state index in [2.05, 4.69) is 174 Å². The molecule has 0 spiro atoms. The molecule has 4 aromatic carbocycles. The highest BCUT2D eigenvalue weighted by Gasteiger charge is 2.27. The van der Waals surface area contributed by atoms with Crippen LogP contribution in [0.2, 0.25) is 0 Å². The molecule has 0 unspecified atom stereocenters. The van der Waals surface area contributed by atoms with Crippen LogP contribution in [0.25, 0.3) is 0 Å². The molecule has 4 saturated heterocycles. The number of nitrogens with zero attached hydrogens (tertiary/aromatic N) is 12. The molecule has 15 heteroatoms. The highest BCUT2D eigenvalue weighted by molar-refractivity contribution is 5.64. The fourth-order valence-electron chi connectivity index (χ4n) is 8.24. The lowest BCUT2D eigenvalue weighted by atomic mass is 10.2. The minimum absolute atomic E-state index is 0.749. The normalized spacial score (nSPS) is 19.4. The van der Waals surface area contributed by atoms with E-state index in [0.717, 1.165) is 91.4 Å². The second-order valence-electron chi connectivity index (χ2n) is 16.3. The fraction of sp³-hybridized carbons (Fsp3) is 0.419. The molecule has 58 heavy (non-hydrogen) atoms. The van der Waals surface area contributed by atoms with Crippen LogP contribution in [-0.2, 0) is 4.79 Å². The van der Waals surface area contributed by atoms with Gasteiger partial charge in [0.1, 0.15) is 6.79 Å². The third-order valence-corrected chi connectivity index (χ3v) is 10.6. The molecule has 0 aliphatic carbocycles. The molecule has 4 aliphatic rings. The van der Waals surface area contributed by atoms with Crippen molar-refractivity contribution < 1.29 is 4.79 Å². The molecule has 4 fully saturated rings. The van der Waals surface area contributed by atoms with Gasteiger partial charge in [0.15, 0.2) is 0 Å². The Morgan fingerprint density at radius 3 is 0.621 bits per heavy atom. The number of hydrogen-bond donors (Lipinski definition) is 2. The summed E-state index contributed by atoms with van der Waals surface area (Å²) < 4.78 is 0. The molecule has 0 amide bonds. The molecule has 4 aliphatic heterocycles. The van der Waals surface area contributed by atoms with Gasteiger partial charge in [-0.05, 0) is 139 Å². The summed E-state index contributed by atoms with van der Waals surface area (Å²) in [7, 11) is 13.1. The van der Waals surface area contributed by atoms with Crippen molar-refractivity contribution in [2.45, 2.75) is 0 Å². The maximum absolute atomic E-state index is 8.00. The fourth-order valence-corrected chi connectivity index (χ4v) is 8.24. The monoisotopic (exact) mass is 793 g/mol. The van der Waals surface area contributed by atoms with Crippen molar-refractivity contribution in [3.8, 4) is 0 Å². The summed E-state index contributed by atoms with van der Waals surface area (Å²) in [5.41, 5.74) is 19.7. The van der Waals surface area contributed by atoms with Gasteiger partial charge in [0, 0.05) is 45.5 Å². The van der Waals surface area contributed by atoms with Crippen molar-refractivity contribution in [2.24, 2.45) is 0 Å². The zero-order chi connectivity index (χ0) is 41.3. The van der Waals surface area contributed by atoms with Gasteiger partial charge in [0.25, 0.3) is 0 Å². The Kier molecular flexibility index (Phi) is 14.2. The second-order valence-corrected chi connectivity index (χ2v) is 16.3. The Bertz CT molecular complexity index is 1610. The van der Waals surface area contributed by atoms with Crippen LogP contribution in [-0.4, -0.2) is 158 Å². The standard InChI is InChI=1S/C36H54N12.C6H8N2.CH2O/c1-37-19-38(2)23-43(22-37)31-7-13-34(14-8-31)46-28-47(35-15-9-32(10-16-35)44-24-39(3)20-40(4)25-44)30-48(29-46)36-17-11-33(12-18-36)45-26-41(5)21-42(6)27-45;7-5-1-2-6(8)4-3-5;1-2/h7-18H,19-30H2,1-6H3;1-4H,7-8H2;1H2. The summed E-state index contributed by atoms with van der Waals surface area (Å²) >= 11 is 0. The number of benzene rings is 4. The highest BCUT2D eigenvalue weighted by atomic mass is 16.1. The number of nitrogen functional groups attached to an aromatic ring is 2. The molecule has 0 aromatic heterocycles. The number of anilines is 8. The van der Waals surface area contributed by atoms with E-state index in [-0.39, 0.29) is 0 Å². The first kappa shape index (κ1) is 42.3. The molecule has 4 N–H and O–H groups in total. The largest absolute Gasteiger partial charge is 0.399 e. The molecular formula is C43H64N14O. The van der Waals surface area contributed by atoms with Crippen molar-refractivity contribution in [3.63, 3.8) is 0 Å². The first-order chi connectivity index (χ1) is 27.9. The van der Waals surface area contributed by atoms with Gasteiger partial charge >= 0.3 is 0 Å². The minimum Gasteiger partial charge on any atom is -0.399 e. The van der Waals surface area contributed by atoms with Gasteiger partial charge in [-0.3, -0.25) is 29.4 Å². The predicted octanol–water partition coefficient (Wildman–Crippen LogP) is 3.73. The molecule has 312 valence electrons. The zero-order valence-electron chi connectivity index (χ0n) is 35.4. The maximum Gasteiger partial charge on any atom is 0.106 e. The van der Waals surface area contributed by atoms with Crippen molar-refractivity contribution in [3.05, 3.63) is 97.1 Å². The molecule has 0 radical (unpaired) electrons.